The first-order valence-corrected chi connectivity index (χ1v) is 6.84. The molecule has 0 atom stereocenters. The third-order valence-corrected chi connectivity index (χ3v) is 3.52. The van der Waals surface area contributed by atoms with Gasteiger partial charge in [-0.1, -0.05) is 48.5 Å². The van der Waals surface area contributed by atoms with Crippen LogP contribution in [0.15, 0.2) is 60.8 Å². The molecule has 3 aromatic rings. The summed E-state index contributed by atoms with van der Waals surface area (Å²) in [5, 5.41) is 3.73. The molecule has 0 spiro atoms. The van der Waals surface area contributed by atoms with Gasteiger partial charge in [0.2, 0.25) is 0 Å². The number of benzene rings is 2. The van der Waals surface area contributed by atoms with Crippen LogP contribution in [0, 0.1) is 0 Å². The van der Waals surface area contributed by atoms with E-state index in [1.807, 2.05) is 0 Å². The number of nitrogens with two attached hydrogens (primary N) is 1. The number of rotatable bonds is 5. The van der Waals surface area contributed by atoms with E-state index in [1.54, 1.807) is 0 Å². The van der Waals surface area contributed by atoms with Crippen molar-refractivity contribution in [1.82, 2.24) is 4.98 Å². The fraction of sp³-hybridized carbons (Fsp3) is 0.176. The van der Waals surface area contributed by atoms with Crippen molar-refractivity contribution in [2.24, 2.45) is 0 Å². The first-order valence-electron chi connectivity index (χ1n) is 6.84. The second kappa shape index (κ2) is 5.72. The topological polar surface area (TPSA) is 32.4 Å². The van der Waals surface area contributed by atoms with E-state index in [9.17, 15) is 0 Å². The van der Waals surface area contributed by atoms with Gasteiger partial charge in [-0.3, -0.25) is 0 Å². The predicted molar refractivity (Wildman–Crippen MR) is 78.9 cm³/mol. The van der Waals surface area contributed by atoms with Gasteiger partial charge in [-0.15, -0.1) is 0 Å². The van der Waals surface area contributed by atoms with Crippen molar-refractivity contribution >= 4 is 10.9 Å². The van der Waals surface area contributed by atoms with E-state index in [-0.39, 0.29) is 0 Å². The van der Waals surface area contributed by atoms with Crippen LogP contribution in [0.25, 0.3) is 10.9 Å². The van der Waals surface area contributed by atoms with Crippen LogP contribution in [0.5, 0.6) is 0 Å². The van der Waals surface area contributed by atoms with Crippen LogP contribution in [0.1, 0.15) is 11.1 Å². The molecule has 3 rings (SSSR count). The van der Waals surface area contributed by atoms with E-state index in [0.29, 0.717) is 0 Å². The molecule has 0 unspecified atom stereocenters. The molecule has 0 saturated carbocycles. The van der Waals surface area contributed by atoms with Gasteiger partial charge in [0, 0.05) is 29.1 Å². The van der Waals surface area contributed by atoms with Crippen molar-refractivity contribution in [3.05, 3.63) is 71.9 Å². The number of nitrogens with one attached hydrogen (secondary N) is 1. The second-order valence-corrected chi connectivity index (χ2v) is 4.88. The summed E-state index contributed by atoms with van der Waals surface area (Å²) in [5.41, 5.74) is 4.04. The molecule has 0 aliphatic heterocycles. The van der Waals surface area contributed by atoms with Crippen molar-refractivity contribution in [3.8, 4) is 0 Å². The van der Waals surface area contributed by atoms with Gasteiger partial charge >= 0.3 is 0 Å². The molecule has 0 aliphatic rings. The van der Waals surface area contributed by atoms with E-state index in [4.69, 9.17) is 0 Å². The summed E-state index contributed by atoms with van der Waals surface area (Å²) in [4.78, 5) is 3.33. The van der Waals surface area contributed by atoms with E-state index in [1.165, 1.54) is 22.0 Å². The Bertz CT molecular complexity index is 640. The molecule has 0 radical (unpaired) electrons. The monoisotopic (exact) mass is 251 g/mol. The Balaban J connectivity index is 1.55. The lowest BCUT2D eigenvalue weighted by Crippen LogP contribution is -2.83. The van der Waals surface area contributed by atoms with Gasteiger partial charge in [-0.2, -0.15) is 0 Å². The Morgan fingerprint density at radius 1 is 0.895 bits per heavy atom. The van der Waals surface area contributed by atoms with Crippen LogP contribution >= 0.6 is 0 Å². The second-order valence-electron chi connectivity index (χ2n) is 4.88. The molecule has 1 heterocycles. The third kappa shape index (κ3) is 2.85. The molecule has 2 aromatic carbocycles. The fourth-order valence-corrected chi connectivity index (χ4v) is 2.48. The number of aromatic amines is 1. The minimum atomic E-state index is 1.06. The molecule has 1 aromatic heterocycles. The number of aromatic nitrogens is 1. The van der Waals surface area contributed by atoms with Crippen molar-refractivity contribution in [3.63, 3.8) is 0 Å². The molecular formula is C17H19N2+. The quantitative estimate of drug-likeness (QED) is 0.653. The summed E-state index contributed by atoms with van der Waals surface area (Å²) in [6.45, 7) is 2.18. The molecular weight excluding hydrogens is 232 g/mol. The Hall–Kier alpha value is -2.06. The maximum Gasteiger partial charge on any atom is 0.101 e. The zero-order valence-corrected chi connectivity index (χ0v) is 11.0. The Morgan fingerprint density at radius 2 is 1.68 bits per heavy atom. The highest BCUT2D eigenvalue weighted by Gasteiger charge is 2.03. The van der Waals surface area contributed by atoms with Gasteiger partial charge < -0.3 is 10.3 Å². The molecule has 19 heavy (non-hydrogen) atoms. The average Bonchev–Trinajstić information content (AvgIpc) is 2.88. The fourth-order valence-electron chi connectivity index (χ4n) is 2.48. The van der Waals surface area contributed by atoms with Gasteiger partial charge in [0.25, 0.3) is 0 Å². The summed E-state index contributed by atoms with van der Waals surface area (Å²) in [5.74, 6) is 0. The van der Waals surface area contributed by atoms with E-state index < -0.39 is 0 Å². The van der Waals surface area contributed by atoms with Crippen LogP contribution < -0.4 is 5.32 Å². The molecule has 96 valence electrons. The number of H-pyrrole nitrogens is 1. The van der Waals surface area contributed by atoms with E-state index >= 15 is 0 Å². The molecule has 2 heteroatoms. The zero-order valence-electron chi connectivity index (χ0n) is 11.0. The minimum absolute atomic E-state index is 1.06. The highest BCUT2D eigenvalue weighted by atomic mass is 14.8. The third-order valence-electron chi connectivity index (χ3n) is 3.52. The average molecular weight is 251 g/mol. The summed E-state index contributed by atoms with van der Waals surface area (Å²) in [7, 11) is 0. The number of quaternary nitrogens is 1. The van der Waals surface area contributed by atoms with Gasteiger partial charge in [0.1, 0.15) is 6.54 Å². The van der Waals surface area contributed by atoms with Crippen molar-refractivity contribution in [1.29, 1.82) is 0 Å². The summed E-state index contributed by atoms with van der Waals surface area (Å²) in [6, 6.07) is 19.1. The van der Waals surface area contributed by atoms with Crippen molar-refractivity contribution < 1.29 is 5.32 Å². The number of fused-ring (bicyclic) bond motifs is 1. The Labute approximate surface area is 113 Å². The van der Waals surface area contributed by atoms with Crippen LogP contribution in [0.4, 0.5) is 0 Å². The van der Waals surface area contributed by atoms with Crippen LogP contribution in [0.3, 0.4) is 0 Å². The maximum atomic E-state index is 3.33. The number of para-hydroxylation sites is 1. The predicted octanol–water partition coefficient (Wildman–Crippen LogP) is 2.47. The van der Waals surface area contributed by atoms with Gasteiger partial charge in [0.15, 0.2) is 0 Å². The van der Waals surface area contributed by atoms with Crippen molar-refractivity contribution in [2.75, 3.05) is 6.54 Å². The largest absolute Gasteiger partial charge is 0.361 e. The number of hydrogen-bond acceptors (Lipinski definition) is 0. The highest BCUT2D eigenvalue weighted by Crippen LogP contribution is 2.17. The maximum absolute atomic E-state index is 3.33. The summed E-state index contributed by atoms with van der Waals surface area (Å²) in [6.07, 6.45) is 3.25. The summed E-state index contributed by atoms with van der Waals surface area (Å²) < 4.78 is 0. The molecule has 0 fully saturated rings. The Kier molecular flexibility index (Phi) is 3.61. The van der Waals surface area contributed by atoms with Crippen molar-refractivity contribution in [2.45, 2.75) is 13.0 Å². The normalized spacial score (nSPS) is 10.9. The van der Waals surface area contributed by atoms with Gasteiger partial charge in [-0.25, -0.2) is 0 Å². The summed E-state index contributed by atoms with van der Waals surface area (Å²) >= 11 is 0. The molecule has 3 N–H and O–H groups in total. The lowest BCUT2D eigenvalue weighted by atomic mass is 10.1. The van der Waals surface area contributed by atoms with Crippen LogP contribution in [0.2, 0.25) is 0 Å². The van der Waals surface area contributed by atoms with Crippen LogP contribution in [-0.2, 0) is 13.0 Å². The molecule has 0 amide bonds. The first-order chi connectivity index (χ1) is 9.43. The molecule has 0 aliphatic carbocycles. The molecule has 2 nitrogen and oxygen atoms in total. The van der Waals surface area contributed by atoms with Gasteiger partial charge in [0.05, 0.1) is 6.54 Å². The Morgan fingerprint density at radius 3 is 2.58 bits per heavy atom. The number of hydrogen-bond donors (Lipinski definition) is 2. The minimum Gasteiger partial charge on any atom is -0.361 e. The highest BCUT2D eigenvalue weighted by molar-refractivity contribution is 5.82. The lowest BCUT2D eigenvalue weighted by molar-refractivity contribution is -0.670. The van der Waals surface area contributed by atoms with E-state index in [2.05, 4.69) is 71.1 Å². The first kappa shape index (κ1) is 12.0. The standard InChI is InChI=1S/C17H18N2/c1-2-6-14(7-3-1)12-18-11-10-15-13-19-17-9-5-4-8-16(15)17/h1-9,13,18-19H,10-12H2/p+1. The molecule has 0 saturated heterocycles. The lowest BCUT2D eigenvalue weighted by Gasteiger charge is -2.01. The molecule has 0 bridgehead atoms. The van der Waals surface area contributed by atoms with Gasteiger partial charge in [-0.05, 0) is 11.6 Å². The SMILES string of the molecule is c1ccc(C[NH2+]CCc2c[nH]c3ccccc23)cc1. The zero-order chi connectivity index (χ0) is 12.9. The van der Waals surface area contributed by atoms with E-state index in [0.717, 1.165) is 19.5 Å². The van der Waals surface area contributed by atoms with Crippen LogP contribution in [-0.4, -0.2) is 11.5 Å². The smallest absolute Gasteiger partial charge is 0.101 e.